The summed E-state index contributed by atoms with van der Waals surface area (Å²) in [6, 6.07) is 3.46. The highest BCUT2D eigenvalue weighted by atomic mass is 16.5. The van der Waals surface area contributed by atoms with Gasteiger partial charge in [0.05, 0.1) is 27.4 Å². The van der Waals surface area contributed by atoms with Crippen LogP contribution in [0.4, 0.5) is 0 Å². The van der Waals surface area contributed by atoms with Crippen molar-refractivity contribution in [1.82, 2.24) is 0 Å². The van der Waals surface area contributed by atoms with Gasteiger partial charge in [-0.25, -0.2) is 0 Å². The minimum atomic E-state index is -0.624. The lowest BCUT2D eigenvalue weighted by molar-refractivity contribution is 0.180. The van der Waals surface area contributed by atoms with E-state index in [-0.39, 0.29) is 0 Å². The van der Waals surface area contributed by atoms with Gasteiger partial charge in [0.1, 0.15) is 0 Å². The maximum atomic E-state index is 9.90. The van der Waals surface area contributed by atoms with Crippen molar-refractivity contribution in [3.05, 3.63) is 30.4 Å². The third kappa shape index (κ3) is 2.91. The van der Waals surface area contributed by atoms with Gasteiger partial charge in [-0.3, -0.25) is 0 Å². The van der Waals surface area contributed by atoms with Gasteiger partial charge in [0, 0.05) is 0 Å². The van der Waals surface area contributed by atoms with Crippen LogP contribution in [-0.4, -0.2) is 26.4 Å². The van der Waals surface area contributed by atoms with Gasteiger partial charge >= 0.3 is 0 Å². The first-order valence-electron chi connectivity index (χ1n) is 5.26. The van der Waals surface area contributed by atoms with Crippen molar-refractivity contribution in [3.8, 4) is 17.2 Å². The quantitative estimate of drug-likeness (QED) is 0.773. The Balaban J connectivity index is 3.21. The molecule has 0 aliphatic heterocycles. The normalized spacial score (nSPS) is 11.8. The molecule has 94 valence electrons. The summed E-state index contributed by atoms with van der Waals surface area (Å²) in [5, 5.41) is 9.90. The number of methoxy groups -OCH3 is 3. The molecule has 17 heavy (non-hydrogen) atoms. The van der Waals surface area contributed by atoms with Crippen molar-refractivity contribution in [2.24, 2.45) is 0 Å². The van der Waals surface area contributed by atoms with Gasteiger partial charge in [-0.15, -0.1) is 6.58 Å². The Kier molecular flexibility index (Phi) is 4.84. The van der Waals surface area contributed by atoms with Gasteiger partial charge in [-0.2, -0.15) is 0 Å². The van der Waals surface area contributed by atoms with Crippen LogP contribution in [0, 0.1) is 0 Å². The number of ether oxygens (including phenoxy) is 3. The molecule has 0 bridgehead atoms. The van der Waals surface area contributed by atoms with Crippen LogP contribution < -0.4 is 14.2 Å². The second kappa shape index (κ2) is 6.15. The molecule has 4 heteroatoms. The van der Waals surface area contributed by atoms with E-state index in [1.54, 1.807) is 39.5 Å². The second-order valence-electron chi connectivity index (χ2n) is 3.50. The summed E-state index contributed by atoms with van der Waals surface area (Å²) in [5.74, 6) is 1.58. The Morgan fingerprint density at radius 2 is 1.71 bits per heavy atom. The molecule has 1 aromatic rings. The van der Waals surface area contributed by atoms with Gasteiger partial charge in [0.25, 0.3) is 0 Å². The molecule has 0 radical (unpaired) electrons. The molecule has 0 spiro atoms. The van der Waals surface area contributed by atoms with Gasteiger partial charge in [0.2, 0.25) is 5.75 Å². The highest BCUT2D eigenvalue weighted by Crippen LogP contribution is 2.40. The predicted molar refractivity (Wildman–Crippen MR) is 65.9 cm³/mol. The topological polar surface area (TPSA) is 47.9 Å². The van der Waals surface area contributed by atoms with Crippen molar-refractivity contribution in [3.63, 3.8) is 0 Å². The van der Waals surface area contributed by atoms with Crippen molar-refractivity contribution in [2.45, 2.75) is 12.5 Å². The number of rotatable bonds is 6. The average molecular weight is 238 g/mol. The van der Waals surface area contributed by atoms with E-state index in [4.69, 9.17) is 14.2 Å². The monoisotopic (exact) mass is 238 g/mol. The zero-order chi connectivity index (χ0) is 12.8. The molecule has 1 aromatic carbocycles. The van der Waals surface area contributed by atoms with Crippen LogP contribution in [0.5, 0.6) is 17.2 Å². The SMILES string of the molecule is C=CC[C@H](O)c1cc(OC)c(OC)c(OC)c1. The minimum absolute atomic E-state index is 0.471. The van der Waals surface area contributed by atoms with E-state index in [0.717, 1.165) is 0 Å². The summed E-state index contributed by atoms with van der Waals surface area (Å²) in [5.41, 5.74) is 0.708. The van der Waals surface area contributed by atoms with Gasteiger partial charge < -0.3 is 19.3 Å². The van der Waals surface area contributed by atoms with E-state index in [9.17, 15) is 5.11 Å². The lowest BCUT2D eigenvalue weighted by Gasteiger charge is -2.16. The number of aliphatic hydroxyl groups excluding tert-OH is 1. The summed E-state index contributed by atoms with van der Waals surface area (Å²) >= 11 is 0. The largest absolute Gasteiger partial charge is 0.493 e. The fourth-order valence-corrected chi connectivity index (χ4v) is 1.59. The molecule has 0 amide bonds. The van der Waals surface area contributed by atoms with Gasteiger partial charge in [-0.1, -0.05) is 6.08 Å². The number of aliphatic hydroxyl groups is 1. The molecule has 0 fully saturated rings. The Labute approximate surface area is 101 Å². The molecule has 0 unspecified atom stereocenters. The number of benzene rings is 1. The molecule has 1 atom stereocenters. The van der Waals surface area contributed by atoms with Crippen LogP contribution in [0.25, 0.3) is 0 Å². The number of hydrogen-bond donors (Lipinski definition) is 1. The molecule has 1 N–H and O–H groups in total. The summed E-state index contributed by atoms with van der Waals surface area (Å²) in [4.78, 5) is 0. The molecule has 0 aliphatic carbocycles. The van der Waals surface area contributed by atoms with Crippen LogP contribution >= 0.6 is 0 Å². The number of hydrogen-bond acceptors (Lipinski definition) is 4. The third-order valence-electron chi connectivity index (χ3n) is 2.46. The summed E-state index contributed by atoms with van der Waals surface area (Å²) < 4.78 is 15.6. The fourth-order valence-electron chi connectivity index (χ4n) is 1.59. The standard InChI is InChI=1S/C13H18O4/c1-5-6-10(14)9-7-11(15-2)13(17-4)12(8-9)16-3/h5,7-8,10,14H,1,6H2,2-4H3/t10-/m0/s1. The minimum Gasteiger partial charge on any atom is -0.493 e. The van der Waals surface area contributed by atoms with Crippen molar-refractivity contribution >= 4 is 0 Å². The predicted octanol–water partition coefficient (Wildman–Crippen LogP) is 2.32. The zero-order valence-corrected chi connectivity index (χ0v) is 10.4. The van der Waals surface area contributed by atoms with Crippen molar-refractivity contribution in [2.75, 3.05) is 21.3 Å². The van der Waals surface area contributed by atoms with E-state index >= 15 is 0 Å². The Hall–Kier alpha value is -1.68. The molecular formula is C13H18O4. The third-order valence-corrected chi connectivity index (χ3v) is 2.46. The van der Waals surface area contributed by atoms with Gasteiger partial charge in [0.15, 0.2) is 11.5 Å². The molecule has 0 saturated heterocycles. The Morgan fingerprint density at radius 3 is 2.06 bits per heavy atom. The van der Waals surface area contributed by atoms with Crippen molar-refractivity contribution < 1.29 is 19.3 Å². The smallest absolute Gasteiger partial charge is 0.203 e. The van der Waals surface area contributed by atoms with E-state index in [0.29, 0.717) is 29.2 Å². The molecule has 1 rings (SSSR count). The summed E-state index contributed by atoms with van der Waals surface area (Å²) in [6.45, 7) is 3.60. The van der Waals surface area contributed by atoms with Crippen LogP contribution in [0.15, 0.2) is 24.8 Å². The first-order chi connectivity index (χ1) is 8.17. The fraction of sp³-hybridized carbons (Fsp3) is 0.385. The maximum Gasteiger partial charge on any atom is 0.203 e. The zero-order valence-electron chi connectivity index (χ0n) is 10.4. The van der Waals surface area contributed by atoms with E-state index in [1.807, 2.05) is 0 Å². The molecular weight excluding hydrogens is 220 g/mol. The molecule has 4 nitrogen and oxygen atoms in total. The molecule has 0 saturated carbocycles. The van der Waals surface area contributed by atoms with Crippen LogP contribution in [-0.2, 0) is 0 Å². The van der Waals surface area contributed by atoms with E-state index in [2.05, 4.69) is 6.58 Å². The second-order valence-corrected chi connectivity index (χ2v) is 3.50. The Bertz CT molecular complexity index is 362. The van der Waals surface area contributed by atoms with Crippen LogP contribution in [0.1, 0.15) is 18.1 Å². The molecule has 0 aliphatic rings. The first-order valence-corrected chi connectivity index (χ1v) is 5.26. The molecule has 0 heterocycles. The summed E-state index contributed by atoms with van der Waals surface area (Å²) in [6.07, 6.45) is 1.51. The highest BCUT2D eigenvalue weighted by Gasteiger charge is 2.16. The van der Waals surface area contributed by atoms with Gasteiger partial charge in [-0.05, 0) is 24.1 Å². The highest BCUT2D eigenvalue weighted by molar-refractivity contribution is 5.54. The molecule has 0 aromatic heterocycles. The summed E-state index contributed by atoms with van der Waals surface area (Å²) in [7, 11) is 4.63. The average Bonchev–Trinajstić information content (AvgIpc) is 2.37. The van der Waals surface area contributed by atoms with Crippen LogP contribution in [0.2, 0.25) is 0 Å². The van der Waals surface area contributed by atoms with Crippen molar-refractivity contribution in [1.29, 1.82) is 0 Å². The maximum absolute atomic E-state index is 9.90. The lowest BCUT2D eigenvalue weighted by Crippen LogP contribution is -2.00. The first kappa shape index (κ1) is 13.4. The van der Waals surface area contributed by atoms with E-state index in [1.165, 1.54) is 0 Å². The van der Waals surface area contributed by atoms with E-state index < -0.39 is 6.10 Å². The van der Waals surface area contributed by atoms with Crippen LogP contribution in [0.3, 0.4) is 0 Å². The lowest BCUT2D eigenvalue weighted by atomic mass is 10.1. The Morgan fingerprint density at radius 1 is 1.18 bits per heavy atom.